The van der Waals surface area contributed by atoms with Gasteiger partial charge in [-0.2, -0.15) is 8.78 Å². The predicted molar refractivity (Wildman–Crippen MR) is 27.3 cm³/mol. The van der Waals surface area contributed by atoms with Crippen molar-refractivity contribution in [2.75, 3.05) is 0 Å². The summed E-state index contributed by atoms with van der Waals surface area (Å²) < 4.78 is 23.0. The number of halogens is 3. The molecule has 0 aromatic heterocycles. The zero-order chi connectivity index (χ0) is 6.78. The van der Waals surface area contributed by atoms with Gasteiger partial charge in [-0.15, -0.1) is 0 Å². The minimum absolute atomic E-state index is 0.606. The first-order valence-corrected chi connectivity index (χ1v) is 2.19. The molecular weight excluding hydrogens is 137 g/mol. The van der Waals surface area contributed by atoms with E-state index < -0.39 is 17.6 Å². The van der Waals surface area contributed by atoms with Crippen molar-refractivity contribution in [3.63, 3.8) is 0 Å². The normalized spacial score (nSPS) is 11.4. The third-order valence-corrected chi connectivity index (χ3v) is 0.525. The van der Waals surface area contributed by atoms with Crippen LogP contribution < -0.4 is 5.73 Å². The number of rotatable bonds is 2. The largest absolute Gasteiger partial charge is 0.387 e. The maximum Gasteiger partial charge on any atom is 0.328 e. The van der Waals surface area contributed by atoms with Gasteiger partial charge in [-0.25, -0.2) is 0 Å². The minimum atomic E-state index is -3.36. The molecule has 0 aliphatic heterocycles. The molecule has 3 N–H and O–H groups in total. The number of hydrogen-bond donors (Lipinski definition) is 2. The van der Waals surface area contributed by atoms with Crippen LogP contribution in [0.15, 0.2) is 0 Å². The summed E-state index contributed by atoms with van der Waals surface area (Å²) >= 11 is 4.37. The summed E-state index contributed by atoms with van der Waals surface area (Å²) in [4.78, 5) is 0. The molecule has 0 aliphatic rings. The van der Waals surface area contributed by atoms with Gasteiger partial charge in [0.2, 0.25) is 0 Å². The van der Waals surface area contributed by atoms with Gasteiger partial charge < -0.3 is 5.73 Å². The van der Waals surface area contributed by atoms with Gasteiger partial charge in [-0.3, -0.25) is 5.41 Å². The highest BCUT2D eigenvalue weighted by Gasteiger charge is 2.25. The van der Waals surface area contributed by atoms with E-state index in [1.165, 1.54) is 0 Å². The van der Waals surface area contributed by atoms with Crippen LogP contribution in [0.25, 0.3) is 0 Å². The first kappa shape index (κ1) is 7.62. The van der Waals surface area contributed by atoms with E-state index >= 15 is 0 Å². The SMILES string of the molecule is N=C(N)CC(F)(F)Cl. The zero-order valence-corrected chi connectivity index (χ0v) is 4.67. The summed E-state index contributed by atoms with van der Waals surface area (Å²) in [5.74, 6) is -0.606. The third kappa shape index (κ3) is 5.62. The van der Waals surface area contributed by atoms with Gasteiger partial charge in [-0.05, 0) is 11.6 Å². The van der Waals surface area contributed by atoms with Crippen LogP contribution in [-0.4, -0.2) is 11.2 Å². The number of nitrogens with one attached hydrogen (secondary N) is 1. The van der Waals surface area contributed by atoms with E-state index in [1.807, 2.05) is 0 Å². The van der Waals surface area contributed by atoms with Crippen LogP contribution in [0.4, 0.5) is 8.78 Å². The second-order valence-corrected chi connectivity index (χ2v) is 1.87. The van der Waals surface area contributed by atoms with E-state index in [1.54, 1.807) is 0 Å². The Morgan fingerprint density at radius 3 is 2.12 bits per heavy atom. The molecule has 0 saturated carbocycles. The van der Waals surface area contributed by atoms with Crippen molar-refractivity contribution in [2.45, 2.75) is 11.8 Å². The van der Waals surface area contributed by atoms with Gasteiger partial charge in [0.05, 0.1) is 12.3 Å². The first-order valence-electron chi connectivity index (χ1n) is 1.81. The van der Waals surface area contributed by atoms with Gasteiger partial charge in [-0.1, -0.05) is 0 Å². The number of hydrogen-bond acceptors (Lipinski definition) is 1. The molecule has 0 fully saturated rings. The Bertz CT molecular complexity index is 97.9. The molecule has 0 heterocycles. The lowest BCUT2D eigenvalue weighted by atomic mass is 10.4. The fourth-order valence-corrected chi connectivity index (χ4v) is 0.360. The lowest BCUT2D eigenvalue weighted by Crippen LogP contribution is -2.19. The minimum Gasteiger partial charge on any atom is -0.387 e. The van der Waals surface area contributed by atoms with E-state index in [9.17, 15) is 8.78 Å². The Hall–Kier alpha value is -0.380. The van der Waals surface area contributed by atoms with Crippen molar-refractivity contribution in [1.82, 2.24) is 0 Å². The first-order chi connectivity index (χ1) is 3.42. The van der Waals surface area contributed by atoms with E-state index in [4.69, 9.17) is 5.41 Å². The molecule has 0 aromatic carbocycles. The highest BCUT2D eigenvalue weighted by molar-refractivity contribution is 6.22. The van der Waals surface area contributed by atoms with Gasteiger partial charge in [0.1, 0.15) is 0 Å². The number of alkyl halides is 3. The summed E-state index contributed by atoms with van der Waals surface area (Å²) in [6.07, 6.45) is -0.880. The molecule has 0 atom stereocenters. The van der Waals surface area contributed by atoms with E-state index in [0.717, 1.165) is 0 Å². The third-order valence-electron chi connectivity index (χ3n) is 0.391. The summed E-state index contributed by atoms with van der Waals surface area (Å²) in [5, 5.41) is 3.01. The Kier molecular flexibility index (Phi) is 2.15. The summed E-state index contributed by atoms with van der Waals surface area (Å²) in [7, 11) is 0. The lowest BCUT2D eigenvalue weighted by Gasteiger charge is -2.03. The van der Waals surface area contributed by atoms with E-state index in [-0.39, 0.29) is 0 Å². The smallest absolute Gasteiger partial charge is 0.328 e. The van der Waals surface area contributed by atoms with Crippen molar-refractivity contribution in [1.29, 1.82) is 5.41 Å². The molecule has 5 heteroatoms. The van der Waals surface area contributed by atoms with Crippen LogP contribution in [0.2, 0.25) is 0 Å². The summed E-state index contributed by atoms with van der Waals surface area (Å²) in [5.41, 5.74) is 4.60. The van der Waals surface area contributed by atoms with Gasteiger partial charge >= 0.3 is 5.38 Å². The van der Waals surface area contributed by atoms with Crippen LogP contribution in [-0.2, 0) is 0 Å². The monoisotopic (exact) mass is 142 g/mol. The summed E-state index contributed by atoms with van der Waals surface area (Å²) in [6.45, 7) is 0. The molecule has 0 rings (SSSR count). The molecule has 8 heavy (non-hydrogen) atoms. The van der Waals surface area contributed by atoms with Crippen molar-refractivity contribution in [2.24, 2.45) is 5.73 Å². The molecular formula is C3H5ClF2N2. The van der Waals surface area contributed by atoms with Crippen LogP contribution in [0.5, 0.6) is 0 Å². The van der Waals surface area contributed by atoms with Crippen molar-refractivity contribution in [3.8, 4) is 0 Å². The molecule has 0 bridgehead atoms. The quantitative estimate of drug-likeness (QED) is 0.339. The molecule has 2 nitrogen and oxygen atoms in total. The topological polar surface area (TPSA) is 49.9 Å². The average molecular weight is 143 g/mol. The molecule has 0 aliphatic carbocycles. The molecule has 0 unspecified atom stereocenters. The van der Waals surface area contributed by atoms with Crippen LogP contribution in [0, 0.1) is 5.41 Å². The maximum absolute atomic E-state index is 11.5. The van der Waals surface area contributed by atoms with Crippen molar-refractivity contribution >= 4 is 17.4 Å². The predicted octanol–water partition coefficient (Wildman–Crippen LogP) is 1.14. The van der Waals surface area contributed by atoms with Gasteiger partial charge in [0.25, 0.3) is 0 Å². The standard InChI is InChI=1S/C3H5ClF2N2/c4-3(5,6)1-2(7)8/h1H2,(H3,7,8). The van der Waals surface area contributed by atoms with Gasteiger partial charge in [0.15, 0.2) is 0 Å². The zero-order valence-electron chi connectivity index (χ0n) is 3.92. The molecule has 48 valence electrons. The lowest BCUT2D eigenvalue weighted by molar-refractivity contribution is 0.105. The van der Waals surface area contributed by atoms with Crippen LogP contribution in [0.1, 0.15) is 6.42 Å². The van der Waals surface area contributed by atoms with Crippen molar-refractivity contribution < 1.29 is 8.78 Å². The average Bonchev–Trinajstić information content (AvgIpc) is 1.21. The van der Waals surface area contributed by atoms with E-state index in [2.05, 4.69) is 17.3 Å². The van der Waals surface area contributed by atoms with E-state index in [0.29, 0.717) is 0 Å². The number of amidine groups is 1. The summed E-state index contributed by atoms with van der Waals surface area (Å²) in [6, 6.07) is 0. The Morgan fingerprint density at radius 2 is 2.12 bits per heavy atom. The Labute approximate surface area is 50.1 Å². The van der Waals surface area contributed by atoms with Crippen molar-refractivity contribution in [3.05, 3.63) is 0 Å². The fourth-order valence-electron chi connectivity index (χ4n) is 0.216. The fraction of sp³-hybridized carbons (Fsp3) is 0.667. The molecule has 0 amide bonds. The second-order valence-electron chi connectivity index (χ2n) is 1.32. The van der Waals surface area contributed by atoms with Crippen LogP contribution >= 0.6 is 11.6 Å². The molecule has 0 radical (unpaired) electrons. The molecule has 0 spiro atoms. The van der Waals surface area contributed by atoms with Gasteiger partial charge in [0, 0.05) is 0 Å². The molecule has 0 saturated heterocycles. The highest BCUT2D eigenvalue weighted by atomic mass is 35.5. The highest BCUT2D eigenvalue weighted by Crippen LogP contribution is 2.21. The number of nitrogens with two attached hydrogens (primary N) is 1. The Balaban J connectivity index is 3.55. The van der Waals surface area contributed by atoms with Crippen LogP contribution in [0.3, 0.4) is 0 Å². The maximum atomic E-state index is 11.5. The molecule has 0 aromatic rings. The second kappa shape index (κ2) is 2.26. The Morgan fingerprint density at radius 1 is 1.75 bits per heavy atom.